The molecule has 4 rings (SSSR count). The molecule has 0 radical (unpaired) electrons. The fourth-order valence-corrected chi connectivity index (χ4v) is 4.05. The van der Waals surface area contributed by atoms with Crippen LogP contribution in [0, 0.1) is 0 Å². The zero-order valence-electron chi connectivity index (χ0n) is 16.0. The highest BCUT2D eigenvalue weighted by molar-refractivity contribution is 9.10. The van der Waals surface area contributed by atoms with Crippen molar-refractivity contribution in [3.8, 4) is 0 Å². The molecule has 0 saturated heterocycles. The van der Waals surface area contributed by atoms with Crippen molar-refractivity contribution < 1.29 is 13.2 Å². The molecule has 0 spiro atoms. The fraction of sp³-hybridized carbons (Fsp3) is 0.273. The SMILES string of the molecule is FC(F)(F)c1cnc(Nc2ccc(C3CCCC3)cc2)nc1Nc1ccccc1Br. The summed E-state index contributed by atoms with van der Waals surface area (Å²) in [5.41, 5.74) is 1.57. The summed E-state index contributed by atoms with van der Waals surface area (Å²) in [6.07, 6.45) is 1.15. The molecule has 0 bridgehead atoms. The van der Waals surface area contributed by atoms with Gasteiger partial charge in [-0.15, -0.1) is 0 Å². The van der Waals surface area contributed by atoms with Crippen LogP contribution >= 0.6 is 15.9 Å². The lowest BCUT2D eigenvalue weighted by molar-refractivity contribution is -0.137. The highest BCUT2D eigenvalue weighted by atomic mass is 79.9. The lowest BCUT2D eigenvalue weighted by Crippen LogP contribution is -2.12. The van der Waals surface area contributed by atoms with E-state index in [1.54, 1.807) is 24.3 Å². The molecule has 3 aromatic rings. The van der Waals surface area contributed by atoms with Gasteiger partial charge >= 0.3 is 6.18 Å². The molecule has 4 nitrogen and oxygen atoms in total. The highest BCUT2D eigenvalue weighted by Crippen LogP contribution is 2.37. The predicted molar refractivity (Wildman–Crippen MR) is 115 cm³/mol. The molecule has 0 amide bonds. The second kappa shape index (κ2) is 8.63. The van der Waals surface area contributed by atoms with Crippen LogP contribution in [0.25, 0.3) is 0 Å². The van der Waals surface area contributed by atoms with Gasteiger partial charge in [0.1, 0.15) is 11.4 Å². The summed E-state index contributed by atoms with van der Waals surface area (Å²) in [5.74, 6) is 0.377. The van der Waals surface area contributed by atoms with Crippen molar-refractivity contribution in [2.75, 3.05) is 10.6 Å². The van der Waals surface area contributed by atoms with E-state index in [-0.39, 0.29) is 11.8 Å². The molecular formula is C22H20BrF3N4. The largest absolute Gasteiger partial charge is 0.421 e. The van der Waals surface area contributed by atoms with Crippen LogP contribution in [0.1, 0.15) is 42.7 Å². The summed E-state index contributed by atoms with van der Waals surface area (Å²) in [4.78, 5) is 7.97. The summed E-state index contributed by atoms with van der Waals surface area (Å²) < 4.78 is 41.0. The Hall–Kier alpha value is -2.61. The number of nitrogens with one attached hydrogen (secondary N) is 2. The number of hydrogen-bond acceptors (Lipinski definition) is 4. The lowest BCUT2D eigenvalue weighted by atomic mass is 9.98. The highest BCUT2D eigenvalue weighted by Gasteiger charge is 2.35. The molecule has 0 atom stereocenters. The minimum Gasteiger partial charge on any atom is -0.339 e. The van der Waals surface area contributed by atoms with Gasteiger partial charge in [-0.2, -0.15) is 18.2 Å². The van der Waals surface area contributed by atoms with Gasteiger partial charge in [-0.25, -0.2) is 4.98 Å². The third-order valence-corrected chi connectivity index (χ3v) is 5.91. The minimum atomic E-state index is -4.58. The van der Waals surface area contributed by atoms with Gasteiger partial charge in [0.25, 0.3) is 0 Å². The Morgan fingerprint density at radius 3 is 2.30 bits per heavy atom. The molecule has 0 aliphatic heterocycles. The van der Waals surface area contributed by atoms with E-state index in [1.807, 2.05) is 12.1 Å². The van der Waals surface area contributed by atoms with Gasteiger partial charge in [0.05, 0.1) is 5.69 Å². The third-order valence-electron chi connectivity index (χ3n) is 5.21. The summed E-state index contributed by atoms with van der Waals surface area (Å²) in [6.45, 7) is 0. The van der Waals surface area contributed by atoms with Crippen molar-refractivity contribution in [2.45, 2.75) is 37.8 Å². The van der Waals surface area contributed by atoms with Crippen molar-refractivity contribution in [1.29, 1.82) is 0 Å². The van der Waals surface area contributed by atoms with E-state index in [0.29, 0.717) is 16.1 Å². The van der Waals surface area contributed by atoms with E-state index < -0.39 is 11.7 Å². The second-order valence-electron chi connectivity index (χ2n) is 7.29. The van der Waals surface area contributed by atoms with Gasteiger partial charge < -0.3 is 10.6 Å². The normalized spacial score (nSPS) is 14.7. The van der Waals surface area contributed by atoms with Crippen LogP contribution < -0.4 is 10.6 Å². The number of benzene rings is 2. The zero-order chi connectivity index (χ0) is 21.1. The van der Waals surface area contributed by atoms with Gasteiger partial charge in [0.2, 0.25) is 5.95 Å². The maximum Gasteiger partial charge on any atom is 0.421 e. The van der Waals surface area contributed by atoms with Gasteiger partial charge in [0, 0.05) is 16.4 Å². The number of aromatic nitrogens is 2. The number of alkyl halides is 3. The smallest absolute Gasteiger partial charge is 0.339 e. The molecular weight excluding hydrogens is 457 g/mol. The van der Waals surface area contributed by atoms with E-state index in [1.165, 1.54) is 31.2 Å². The van der Waals surface area contributed by atoms with E-state index in [9.17, 15) is 13.2 Å². The van der Waals surface area contributed by atoms with Crippen molar-refractivity contribution in [2.24, 2.45) is 0 Å². The quantitative estimate of drug-likeness (QED) is 0.402. The van der Waals surface area contributed by atoms with Crippen LogP contribution in [0.15, 0.2) is 59.2 Å². The molecule has 0 unspecified atom stereocenters. The maximum absolute atomic E-state index is 13.5. The van der Waals surface area contributed by atoms with E-state index in [0.717, 1.165) is 11.9 Å². The van der Waals surface area contributed by atoms with Crippen molar-refractivity contribution in [1.82, 2.24) is 9.97 Å². The first-order valence-electron chi connectivity index (χ1n) is 9.73. The predicted octanol–water partition coefficient (Wildman–Crippen LogP) is 7.40. The van der Waals surface area contributed by atoms with E-state index >= 15 is 0 Å². The monoisotopic (exact) mass is 476 g/mol. The van der Waals surface area contributed by atoms with Crippen LogP contribution in [0.4, 0.5) is 36.3 Å². The molecule has 8 heteroatoms. The number of rotatable bonds is 5. The van der Waals surface area contributed by atoms with Gasteiger partial charge in [-0.3, -0.25) is 0 Å². The molecule has 1 fully saturated rings. The van der Waals surface area contributed by atoms with Gasteiger partial charge in [-0.1, -0.05) is 37.1 Å². The molecule has 1 heterocycles. The molecule has 30 heavy (non-hydrogen) atoms. The first-order chi connectivity index (χ1) is 14.4. The number of hydrogen-bond donors (Lipinski definition) is 2. The minimum absolute atomic E-state index is 0.0890. The van der Waals surface area contributed by atoms with Crippen LogP contribution in [-0.2, 0) is 6.18 Å². The molecule has 1 aromatic heterocycles. The number of halogens is 4. The molecule has 1 aliphatic carbocycles. The van der Waals surface area contributed by atoms with Crippen molar-refractivity contribution in [3.05, 3.63) is 70.3 Å². The first kappa shape index (κ1) is 20.7. The Balaban J connectivity index is 1.58. The topological polar surface area (TPSA) is 49.8 Å². The fourth-order valence-electron chi connectivity index (χ4n) is 3.66. The Labute approximate surface area is 181 Å². The molecule has 2 aromatic carbocycles. The average molecular weight is 477 g/mol. The third kappa shape index (κ3) is 4.75. The lowest BCUT2D eigenvalue weighted by Gasteiger charge is -2.16. The van der Waals surface area contributed by atoms with Gasteiger partial charge in [-0.05, 0) is 64.5 Å². The molecule has 156 valence electrons. The van der Waals surface area contributed by atoms with E-state index in [2.05, 4.69) is 48.7 Å². The molecule has 1 saturated carbocycles. The Morgan fingerprint density at radius 1 is 0.933 bits per heavy atom. The summed E-state index contributed by atoms with van der Waals surface area (Å²) in [5, 5.41) is 5.76. The van der Waals surface area contributed by atoms with Crippen molar-refractivity contribution in [3.63, 3.8) is 0 Å². The van der Waals surface area contributed by atoms with E-state index in [4.69, 9.17) is 0 Å². The Morgan fingerprint density at radius 2 is 1.63 bits per heavy atom. The zero-order valence-corrected chi connectivity index (χ0v) is 17.6. The average Bonchev–Trinajstić information content (AvgIpc) is 3.24. The second-order valence-corrected chi connectivity index (χ2v) is 8.14. The first-order valence-corrected chi connectivity index (χ1v) is 10.5. The van der Waals surface area contributed by atoms with Crippen LogP contribution in [0.3, 0.4) is 0 Å². The maximum atomic E-state index is 13.5. The van der Waals surface area contributed by atoms with Crippen LogP contribution in [-0.4, -0.2) is 9.97 Å². The Kier molecular flexibility index (Phi) is 5.94. The summed E-state index contributed by atoms with van der Waals surface area (Å²) >= 11 is 3.33. The standard InChI is InChI=1S/C22H20BrF3N4/c23-18-7-3-4-8-19(18)29-20-17(22(24,25)26)13-27-21(30-20)28-16-11-9-15(10-12-16)14-5-1-2-6-14/h3-4,7-14H,1-2,5-6H2,(H2,27,28,29,30). The molecule has 2 N–H and O–H groups in total. The molecule has 1 aliphatic rings. The van der Waals surface area contributed by atoms with Gasteiger partial charge in [0.15, 0.2) is 0 Å². The summed E-state index contributed by atoms with van der Waals surface area (Å²) in [7, 11) is 0. The summed E-state index contributed by atoms with van der Waals surface area (Å²) in [6, 6.07) is 14.9. The van der Waals surface area contributed by atoms with Crippen LogP contribution in [0.5, 0.6) is 0 Å². The number of para-hydroxylation sites is 1. The Bertz CT molecular complexity index is 1020. The van der Waals surface area contributed by atoms with Crippen molar-refractivity contribution >= 4 is 39.1 Å². The number of anilines is 4. The van der Waals surface area contributed by atoms with Crippen LogP contribution in [0.2, 0.25) is 0 Å². The number of nitrogens with zero attached hydrogens (tertiary/aromatic N) is 2.